The van der Waals surface area contributed by atoms with Crippen LogP contribution in [0.15, 0.2) is 18.3 Å². The number of nitrogens with zero attached hydrogens (tertiary/aromatic N) is 3. The largest absolute Gasteiger partial charge is 0.344 e. The first-order valence-electron chi connectivity index (χ1n) is 6.68. The van der Waals surface area contributed by atoms with Crippen molar-refractivity contribution in [2.24, 2.45) is 0 Å². The summed E-state index contributed by atoms with van der Waals surface area (Å²) in [6, 6.07) is 3.77. The summed E-state index contributed by atoms with van der Waals surface area (Å²) in [5.74, 6) is 0.542. The van der Waals surface area contributed by atoms with Crippen LogP contribution in [-0.2, 0) is 0 Å². The second kappa shape index (κ2) is 3.12. The monoisotopic (exact) mass is 208 g/mol. The fourth-order valence-corrected chi connectivity index (χ4v) is 2.18. The molecule has 0 unspecified atom stereocenters. The van der Waals surface area contributed by atoms with Gasteiger partial charge in [0, 0.05) is 22.8 Å². The van der Waals surface area contributed by atoms with Gasteiger partial charge < -0.3 is 9.80 Å². The molecule has 82 valence electrons. The average Bonchev–Trinajstić information content (AvgIpc) is 2.47. The molecule has 3 heteroatoms. The second-order valence-corrected chi connectivity index (χ2v) is 4.89. The standard InChI is InChI=1S/C12H19N3/c1-9-14(5)11-10(7-6-8-13-11)15(9)12(2,3)4/h6-9H,1-5H3/t9-/m0/s1/i5D3. The molecule has 0 saturated carbocycles. The van der Waals surface area contributed by atoms with Crippen LogP contribution in [0.4, 0.5) is 11.5 Å². The highest BCUT2D eigenvalue weighted by Gasteiger charge is 2.37. The van der Waals surface area contributed by atoms with Gasteiger partial charge in [0.05, 0.1) is 5.69 Å². The molecule has 1 atom stereocenters. The van der Waals surface area contributed by atoms with Crippen molar-refractivity contribution in [3.05, 3.63) is 18.3 Å². The fraction of sp³-hybridized carbons (Fsp3) is 0.583. The highest BCUT2D eigenvalue weighted by atomic mass is 15.4. The molecule has 2 rings (SSSR count). The van der Waals surface area contributed by atoms with Crippen LogP contribution in [-0.4, -0.2) is 23.7 Å². The SMILES string of the molecule is [2H]C([2H])([2H])N1c2ncccc2N(C(C)(C)C)[C@H]1C. The van der Waals surface area contributed by atoms with Crippen LogP contribution in [0.3, 0.4) is 0 Å². The quantitative estimate of drug-likeness (QED) is 0.653. The molecule has 1 aliphatic rings. The zero-order valence-electron chi connectivity index (χ0n) is 12.7. The Hall–Kier alpha value is -1.25. The Balaban J connectivity index is 2.57. The van der Waals surface area contributed by atoms with E-state index in [1.807, 2.05) is 19.1 Å². The maximum atomic E-state index is 7.68. The number of hydrogen-bond donors (Lipinski definition) is 0. The van der Waals surface area contributed by atoms with E-state index in [1.165, 1.54) is 4.90 Å². The van der Waals surface area contributed by atoms with Gasteiger partial charge in [-0.2, -0.15) is 0 Å². The molecule has 0 amide bonds. The van der Waals surface area contributed by atoms with Crippen molar-refractivity contribution < 1.29 is 4.11 Å². The highest BCUT2D eigenvalue weighted by Crippen LogP contribution is 2.40. The number of fused-ring (bicyclic) bond motifs is 1. The summed E-state index contributed by atoms with van der Waals surface area (Å²) in [7, 11) is 0. The number of aromatic nitrogens is 1. The van der Waals surface area contributed by atoms with Crippen molar-refractivity contribution in [3.8, 4) is 0 Å². The van der Waals surface area contributed by atoms with Crippen molar-refractivity contribution >= 4 is 11.5 Å². The molecular weight excluding hydrogens is 186 g/mol. The molecule has 2 heterocycles. The number of pyridine rings is 1. The van der Waals surface area contributed by atoms with Crippen LogP contribution in [0.5, 0.6) is 0 Å². The Bertz CT molecular complexity index is 410. The lowest BCUT2D eigenvalue weighted by molar-refractivity contribution is 0.464. The minimum atomic E-state index is -2.18. The van der Waals surface area contributed by atoms with Crippen molar-refractivity contribution in [2.45, 2.75) is 39.4 Å². The third-order valence-corrected chi connectivity index (χ3v) is 2.72. The van der Waals surface area contributed by atoms with E-state index in [0.717, 1.165) is 5.69 Å². The number of rotatable bonds is 0. The molecule has 3 nitrogen and oxygen atoms in total. The highest BCUT2D eigenvalue weighted by molar-refractivity contribution is 5.74. The van der Waals surface area contributed by atoms with Gasteiger partial charge in [-0.05, 0) is 39.8 Å². The molecular formula is C12H19N3. The summed E-state index contributed by atoms with van der Waals surface area (Å²) in [4.78, 5) is 7.75. The third kappa shape index (κ3) is 1.46. The predicted molar refractivity (Wildman–Crippen MR) is 64.3 cm³/mol. The number of hydrogen-bond acceptors (Lipinski definition) is 3. The van der Waals surface area contributed by atoms with Crippen molar-refractivity contribution in [1.82, 2.24) is 4.98 Å². The van der Waals surface area contributed by atoms with Gasteiger partial charge in [-0.15, -0.1) is 0 Å². The minimum Gasteiger partial charge on any atom is -0.344 e. The van der Waals surface area contributed by atoms with Gasteiger partial charge in [-0.25, -0.2) is 4.98 Å². The van der Waals surface area contributed by atoms with Crippen molar-refractivity contribution in [1.29, 1.82) is 0 Å². The van der Waals surface area contributed by atoms with E-state index >= 15 is 0 Å². The maximum absolute atomic E-state index is 7.68. The summed E-state index contributed by atoms with van der Waals surface area (Å²) in [5.41, 5.74) is 0.727. The van der Waals surface area contributed by atoms with Gasteiger partial charge >= 0.3 is 0 Å². The van der Waals surface area contributed by atoms with E-state index in [4.69, 9.17) is 4.11 Å². The van der Waals surface area contributed by atoms with Gasteiger partial charge in [0.25, 0.3) is 0 Å². The lowest BCUT2D eigenvalue weighted by atomic mass is 10.1. The molecule has 0 aliphatic carbocycles. The first-order chi connectivity index (χ1) is 8.14. The van der Waals surface area contributed by atoms with Gasteiger partial charge in [-0.1, -0.05) is 0 Å². The molecule has 0 radical (unpaired) electrons. The number of anilines is 2. The van der Waals surface area contributed by atoms with Gasteiger partial charge in [0.15, 0.2) is 5.82 Å². The Kier molecular flexibility index (Phi) is 1.48. The minimum absolute atomic E-state index is 0.156. The average molecular weight is 208 g/mol. The molecule has 0 saturated heterocycles. The molecule has 1 aromatic rings. The first-order valence-corrected chi connectivity index (χ1v) is 5.18. The van der Waals surface area contributed by atoms with E-state index in [0.29, 0.717) is 5.82 Å². The van der Waals surface area contributed by atoms with Crippen LogP contribution in [0.1, 0.15) is 31.8 Å². The van der Waals surface area contributed by atoms with Gasteiger partial charge in [0.1, 0.15) is 6.17 Å². The van der Waals surface area contributed by atoms with Crippen molar-refractivity contribution in [2.75, 3.05) is 16.8 Å². The molecule has 0 aromatic carbocycles. The molecule has 0 N–H and O–H groups in total. The van der Waals surface area contributed by atoms with E-state index in [9.17, 15) is 0 Å². The molecule has 15 heavy (non-hydrogen) atoms. The summed E-state index contributed by atoms with van der Waals surface area (Å²) < 4.78 is 23.0. The lowest BCUT2D eigenvalue weighted by Crippen LogP contribution is -2.49. The van der Waals surface area contributed by atoms with E-state index in [2.05, 4.69) is 30.7 Å². The van der Waals surface area contributed by atoms with Crippen LogP contribution in [0, 0.1) is 0 Å². The summed E-state index contributed by atoms with van der Waals surface area (Å²) >= 11 is 0. The van der Waals surface area contributed by atoms with E-state index in [-0.39, 0.29) is 11.7 Å². The Morgan fingerprint density at radius 2 is 2.20 bits per heavy atom. The Morgan fingerprint density at radius 3 is 2.80 bits per heavy atom. The molecule has 1 aromatic heterocycles. The summed E-state index contributed by atoms with van der Waals surface area (Å²) in [6.45, 7) is 5.94. The zero-order chi connectivity index (χ0) is 13.7. The van der Waals surface area contributed by atoms with Crippen LogP contribution >= 0.6 is 0 Å². The van der Waals surface area contributed by atoms with Gasteiger partial charge in [-0.3, -0.25) is 0 Å². The van der Waals surface area contributed by atoms with Crippen LogP contribution in [0.25, 0.3) is 0 Å². The lowest BCUT2D eigenvalue weighted by Gasteiger charge is -2.38. The molecule has 0 spiro atoms. The molecule has 1 aliphatic heterocycles. The normalized spacial score (nSPS) is 24.5. The van der Waals surface area contributed by atoms with E-state index < -0.39 is 6.98 Å². The zero-order valence-corrected chi connectivity index (χ0v) is 9.65. The second-order valence-electron chi connectivity index (χ2n) is 4.89. The summed E-state index contributed by atoms with van der Waals surface area (Å²) in [5, 5.41) is 0. The Morgan fingerprint density at radius 1 is 1.47 bits per heavy atom. The molecule has 0 bridgehead atoms. The third-order valence-electron chi connectivity index (χ3n) is 2.72. The van der Waals surface area contributed by atoms with Crippen LogP contribution < -0.4 is 9.80 Å². The first kappa shape index (κ1) is 7.09. The predicted octanol–water partition coefficient (Wildman–Crippen LogP) is 2.48. The summed E-state index contributed by atoms with van der Waals surface area (Å²) in [6.07, 6.45) is 1.40. The maximum Gasteiger partial charge on any atom is 0.153 e. The Labute approximate surface area is 95.9 Å². The topological polar surface area (TPSA) is 19.4 Å². The van der Waals surface area contributed by atoms with Gasteiger partial charge in [0.2, 0.25) is 0 Å². The van der Waals surface area contributed by atoms with Crippen LogP contribution in [0.2, 0.25) is 0 Å². The molecule has 0 fully saturated rings. The van der Waals surface area contributed by atoms with Crippen molar-refractivity contribution in [3.63, 3.8) is 0 Å². The fourth-order valence-electron chi connectivity index (χ4n) is 2.18. The van der Waals surface area contributed by atoms with E-state index in [1.54, 1.807) is 6.20 Å². The smallest absolute Gasteiger partial charge is 0.153 e.